The Morgan fingerprint density at radius 3 is 2.65 bits per heavy atom. The molecule has 2 aromatic rings. The number of benzene rings is 1. The van der Waals surface area contributed by atoms with Gasteiger partial charge in [-0.15, -0.1) is 0 Å². The Kier molecular flexibility index (Phi) is 7.05. The van der Waals surface area contributed by atoms with Gasteiger partial charge in [0, 0.05) is 19.6 Å². The second-order valence-electron chi connectivity index (χ2n) is 5.44. The Balaban J connectivity index is 1.86. The van der Waals surface area contributed by atoms with Crippen molar-refractivity contribution in [2.75, 3.05) is 19.7 Å². The summed E-state index contributed by atoms with van der Waals surface area (Å²) in [7, 11) is 0. The van der Waals surface area contributed by atoms with Gasteiger partial charge in [-0.1, -0.05) is 37.3 Å². The van der Waals surface area contributed by atoms with Gasteiger partial charge in [-0.25, -0.2) is 0 Å². The summed E-state index contributed by atoms with van der Waals surface area (Å²) in [4.78, 5) is 14.3. The quantitative estimate of drug-likeness (QED) is 0.533. The number of hydrogen-bond donors (Lipinski definition) is 0. The zero-order valence-corrected chi connectivity index (χ0v) is 15.4. The van der Waals surface area contributed by atoms with Gasteiger partial charge in [0.05, 0.1) is 16.8 Å². The van der Waals surface area contributed by atoms with Crippen LogP contribution in [-0.2, 0) is 11.3 Å². The lowest BCUT2D eigenvalue weighted by atomic mass is 10.3. The molecular formula is C17H24N2O2S2. The molecule has 0 unspecified atom stereocenters. The van der Waals surface area contributed by atoms with Crippen molar-refractivity contribution in [1.29, 1.82) is 0 Å². The average molecular weight is 353 g/mol. The lowest BCUT2D eigenvalue weighted by Gasteiger charge is -2.23. The number of thiocarbonyl (C=S) groups is 1. The van der Waals surface area contributed by atoms with Crippen LogP contribution < -0.4 is 4.87 Å². The molecular weight excluding hydrogens is 328 g/mol. The van der Waals surface area contributed by atoms with Gasteiger partial charge in [0.1, 0.15) is 0 Å². The van der Waals surface area contributed by atoms with Crippen LogP contribution in [0.2, 0.25) is 0 Å². The van der Waals surface area contributed by atoms with Gasteiger partial charge in [-0.05, 0) is 43.6 Å². The van der Waals surface area contributed by atoms with Gasteiger partial charge in [-0.3, -0.25) is 9.36 Å². The molecule has 0 bridgehead atoms. The van der Waals surface area contributed by atoms with E-state index in [1.807, 2.05) is 28.8 Å². The molecule has 0 atom stereocenters. The summed E-state index contributed by atoms with van der Waals surface area (Å²) >= 11 is 6.65. The number of hydrogen-bond acceptors (Lipinski definition) is 4. The van der Waals surface area contributed by atoms with E-state index in [1.165, 1.54) is 11.3 Å². The van der Waals surface area contributed by atoms with Crippen molar-refractivity contribution in [1.82, 2.24) is 9.47 Å². The fourth-order valence-corrected chi connectivity index (χ4v) is 3.72. The highest BCUT2D eigenvalue weighted by atomic mass is 32.1. The number of para-hydroxylation sites is 1. The molecule has 23 heavy (non-hydrogen) atoms. The smallest absolute Gasteiger partial charge is 0.308 e. The molecule has 1 aromatic heterocycles. The monoisotopic (exact) mass is 352 g/mol. The Bertz CT molecular complexity index is 687. The third kappa shape index (κ3) is 4.78. The molecule has 0 N–H and O–H groups in total. The van der Waals surface area contributed by atoms with Crippen LogP contribution in [0.1, 0.15) is 33.1 Å². The van der Waals surface area contributed by atoms with Gasteiger partial charge in [0.25, 0.3) is 5.17 Å². The normalized spacial score (nSPS) is 10.9. The van der Waals surface area contributed by atoms with Gasteiger partial charge in [0.15, 0.2) is 0 Å². The summed E-state index contributed by atoms with van der Waals surface area (Å²) in [5, 5.41) is 0.580. The molecule has 1 aromatic carbocycles. The van der Waals surface area contributed by atoms with E-state index in [4.69, 9.17) is 17.0 Å². The first-order valence-corrected chi connectivity index (χ1v) is 9.40. The molecule has 4 nitrogen and oxygen atoms in total. The summed E-state index contributed by atoms with van der Waals surface area (Å²) in [5.41, 5.74) is 1.00. The number of rotatable bonds is 8. The van der Waals surface area contributed by atoms with Crippen LogP contribution in [0.5, 0.6) is 0 Å². The van der Waals surface area contributed by atoms with Gasteiger partial charge in [-0.2, -0.15) is 0 Å². The summed E-state index contributed by atoms with van der Waals surface area (Å²) in [6, 6.07) is 7.89. The van der Waals surface area contributed by atoms with Crippen LogP contribution in [0, 0.1) is 0 Å². The Hall–Kier alpha value is -1.40. The predicted octanol–water partition coefficient (Wildman–Crippen LogP) is 3.88. The van der Waals surface area contributed by atoms with Crippen molar-refractivity contribution < 1.29 is 4.74 Å². The number of thiazole rings is 1. The zero-order valence-electron chi connectivity index (χ0n) is 13.8. The molecule has 126 valence electrons. The molecule has 0 aliphatic heterocycles. The van der Waals surface area contributed by atoms with Crippen molar-refractivity contribution in [2.24, 2.45) is 0 Å². The second kappa shape index (κ2) is 9.03. The second-order valence-corrected chi connectivity index (χ2v) is 6.78. The van der Waals surface area contributed by atoms with Crippen molar-refractivity contribution in [3.05, 3.63) is 33.9 Å². The summed E-state index contributed by atoms with van der Waals surface area (Å²) < 4.78 is 8.56. The number of fused-ring (bicyclic) bond motifs is 1. The van der Waals surface area contributed by atoms with Crippen LogP contribution in [0.25, 0.3) is 10.2 Å². The largest absolute Gasteiger partial charge is 0.471 e. The van der Waals surface area contributed by atoms with E-state index in [9.17, 15) is 4.79 Å². The maximum atomic E-state index is 12.1. The lowest BCUT2D eigenvalue weighted by molar-refractivity contribution is 0.233. The third-order valence-electron chi connectivity index (χ3n) is 3.57. The van der Waals surface area contributed by atoms with Crippen LogP contribution in [0.15, 0.2) is 29.1 Å². The molecule has 6 heteroatoms. The molecule has 0 radical (unpaired) electrons. The van der Waals surface area contributed by atoms with Crippen molar-refractivity contribution in [3.8, 4) is 0 Å². The molecule has 0 aliphatic rings. The van der Waals surface area contributed by atoms with Gasteiger partial charge < -0.3 is 9.64 Å². The molecule has 1 heterocycles. The lowest BCUT2D eigenvalue weighted by Crippen LogP contribution is -2.33. The third-order valence-corrected chi connectivity index (χ3v) is 4.91. The van der Waals surface area contributed by atoms with E-state index in [2.05, 4.69) is 18.7 Å². The minimum Gasteiger partial charge on any atom is -0.471 e. The van der Waals surface area contributed by atoms with Crippen LogP contribution in [0.4, 0.5) is 0 Å². The van der Waals surface area contributed by atoms with Gasteiger partial charge in [0.2, 0.25) is 0 Å². The first-order chi connectivity index (χ1) is 11.2. The Morgan fingerprint density at radius 1 is 1.26 bits per heavy atom. The molecule has 0 aliphatic carbocycles. The van der Waals surface area contributed by atoms with Crippen molar-refractivity contribution >= 4 is 38.9 Å². The fraction of sp³-hybridized carbons (Fsp3) is 0.529. The van der Waals surface area contributed by atoms with Crippen LogP contribution in [0.3, 0.4) is 0 Å². The first kappa shape index (κ1) is 17.9. The average Bonchev–Trinajstić information content (AvgIpc) is 2.86. The van der Waals surface area contributed by atoms with E-state index in [0.29, 0.717) is 18.3 Å². The number of nitrogens with zero attached hydrogens (tertiary/aromatic N) is 2. The maximum Gasteiger partial charge on any atom is 0.308 e. The van der Waals surface area contributed by atoms with Crippen molar-refractivity contribution in [3.63, 3.8) is 0 Å². The summed E-state index contributed by atoms with van der Waals surface area (Å²) in [6.07, 6.45) is 2.88. The number of ether oxygens (including phenoxy) is 1. The highest BCUT2D eigenvalue weighted by Gasteiger charge is 2.10. The Labute approximate surface area is 146 Å². The topological polar surface area (TPSA) is 34.5 Å². The minimum absolute atomic E-state index is 0.0902. The van der Waals surface area contributed by atoms with E-state index in [0.717, 1.165) is 42.6 Å². The minimum atomic E-state index is 0.0902. The zero-order chi connectivity index (χ0) is 16.7. The SMILES string of the molecule is CCCN(CCC)C(=S)OCCCn1c(=O)sc2ccccc21. The van der Waals surface area contributed by atoms with Crippen molar-refractivity contribution in [2.45, 2.75) is 39.7 Å². The van der Waals surface area contributed by atoms with E-state index in [1.54, 1.807) is 0 Å². The molecule has 2 rings (SSSR count). The Morgan fingerprint density at radius 2 is 1.96 bits per heavy atom. The van der Waals surface area contributed by atoms with Crippen LogP contribution >= 0.6 is 23.6 Å². The van der Waals surface area contributed by atoms with E-state index >= 15 is 0 Å². The number of aryl methyl sites for hydroxylation is 1. The molecule has 0 amide bonds. The molecule has 0 saturated heterocycles. The van der Waals surface area contributed by atoms with Gasteiger partial charge >= 0.3 is 4.87 Å². The molecule has 0 saturated carbocycles. The highest BCUT2D eigenvalue weighted by Crippen LogP contribution is 2.16. The highest BCUT2D eigenvalue weighted by molar-refractivity contribution is 7.80. The molecule has 0 fully saturated rings. The van der Waals surface area contributed by atoms with E-state index in [-0.39, 0.29) is 4.87 Å². The predicted molar refractivity (Wildman–Crippen MR) is 101 cm³/mol. The first-order valence-electron chi connectivity index (χ1n) is 8.17. The number of aromatic nitrogens is 1. The summed E-state index contributed by atoms with van der Waals surface area (Å²) in [5.74, 6) is 0. The standard InChI is InChI=1S/C17H24N2O2S2/c1-3-10-18(11-4-2)17(22)21-13-7-12-19-14-8-5-6-9-15(14)23-16(19)20/h5-6,8-9H,3-4,7,10-13H2,1-2H3. The van der Waals surface area contributed by atoms with E-state index < -0.39 is 0 Å². The molecule has 0 spiro atoms. The maximum absolute atomic E-state index is 12.1. The fourth-order valence-electron chi connectivity index (χ4n) is 2.53. The van der Waals surface area contributed by atoms with Crippen LogP contribution in [-0.4, -0.2) is 34.3 Å². The summed E-state index contributed by atoms with van der Waals surface area (Å²) in [6.45, 7) is 7.34.